The molecule has 0 unspecified atom stereocenters. The first-order valence-corrected chi connectivity index (χ1v) is 22.7. The fourth-order valence-corrected chi connectivity index (χ4v) is 8.40. The molecule has 1 N–H and O–H groups in total. The lowest BCUT2D eigenvalue weighted by Gasteiger charge is -2.39. The van der Waals surface area contributed by atoms with E-state index in [1.54, 1.807) is 32.9 Å². The summed E-state index contributed by atoms with van der Waals surface area (Å²) in [5.41, 5.74) is 3.31. The van der Waals surface area contributed by atoms with Gasteiger partial charge in [0.25, 0.3) is 0 Å². The molecule has 0 aliphatic heterocycles. The largest absolute Gasteiger partial charge is 0.479 e. The van der Waals surface area contributed by atoms with Gasteiger partial charge in [0.05, 0.1) is 28.7 Å². The summed E-state index contributed by atoms with van der Waals surface area (Å²) in [6.07, 6.45) is -0.236. The minimum atomic E-state index is -2.29. The van der Waals surface area contributed by atoms with Crippen LogP contribution in [0.3, 0.4) is 0 Å². The minimum absolute atomic E-state index is 0.0517. The van der Waals surface area contributed by atoms with Gasteiger partial charge >= 0.3 is 12.1 Å². The number of rotatable bonds is 13. The van der Waals surface area contributed by atoms with Crippen molar-refractivity contribution in [2.24, 2.45) is 0 Å². The van der Waals surface area contributed by atoms with E-state index < -0.39 is 52.3 Å². The van der Waals surface area contributed by atoms with E-state index in [1.807, 2.05) is 6.08 Å². The standard InChI is InChI=1S/C32H51Br2ClN2O6Si2/c1-13-45(14-2,15-3)19-18-24(43-44(11,12)32(7,8)9)26(21-27(33)34)41-25-17-16-22(36-29(25)35)23(20-28(38)40-10)37-30(39)42-31(4,5)6/h16-17,21,23-24,26H,13-15,20H2,1-12H3,(H,37,39)/t23-,24+,26+/m1/s1. The third-order valence-corrected chi connectivity index (χ3v) is 18.1. The summed E-state index contributed by atoms with van der Waals surface area (Å²) in [7, 11) is -2.81. The Morgan fingerprint density at radius 3 is 2.09 bits per heavy atom. The summed E-state index contributed by atoms with van der Waals surface area (Å²) in [5.74, 6) is 3.29. The maximum Gasteiger partial charge on any atom is 0.408 e. The maximum absolute atomic E-state index is 12.6. The Morgan fingerprint density at radius 1 is 1.07 bits per heavy atom. The van der Waals surface area contributed by atoms with E-state index in [1.165, 1.54) is 7.11 Å². The van der Waals surface area contributed by atoms with Crippen molar-refractivity contribution in [1.82, 2.24) is 10.3 Å². The number of nitrogens with zero attached hydrogens (tertiary/aromatic N) is 1. The second-order valence-electron chi connectivity index (χ2n) is 13.5. The van der Waals surface area contributed by atoms with E-state index in [0.717, 1.165) is 18.1 Å². The highest BCUT2D eigenvalue weighted by Crippen LogP contribution is 2.38. The molecule has 0 spiro atoms. The number of hydrogen-bond acceptors (Lipinski definition) is 7. The number of aromatic nitrogens is 1. The van der Waals surface area contributed by atoms with Gasteiger partial charge in [-0.1, -0.05) is 59.1 Å². The molecule has 45 heavy (non-hydrogen) atoms. The lowest BCUT2D eigenvalue weighted by molar-refractivity contribution is -0.141. The van der Waals surface area contributed by atoms with Crippen molar-refractivity contribution in [3.63, 3.8) is 0 Å². The fraction of sp³-hybridized carbons (Fsp3) is 0.656. The number of ether oxygens (including phenoxy) is 3. The number of carbonyl (C=O) groups excluding carboxylic acids is 2. The monoisotopic (exact) mass is 808 g/mol. The molecule has 13 heteroatoms. The van der Waals surface area contributed by atoms with E-state index in [-0.39, 0.29) is 16.6 Å². The number of pyridine rings is 1. The van der Waals surface area contributed by atoms with Crippen LogP contribution in [0, 0.1) is 11.5 Å². The van der Waals surface area contributed by atoms with Gasteiger partial charge < -0.3 is 24.0 Å². The van der Waals surface area contributed by atoms with Gasteiger partial charge in [0.1, 0.15) is 19.8 Å². The molecule has 0 fully saturated rings. The van der Waals surface area contributed by atoms with E-state index in [0.29, 0.717) is 14.8 Å². The third-order valence-electron chi connectivity index (χ3n) is 8.07. The molecule has 254 valence electrons. The van der Waals surface area contributed by atoms with Gasteiger partial charge in [-0.25, -0.2) is 9.78 Å². The van der Waals surface area contributed by atoms with Crippen LogP contribution < -0.4 is 10.1 Å². The van der Waals surface area contributed by atoms with E-state index in [9.17, 15) is 9.59 Å². The number of hydrogen-bond donors (Lipinski definition) is 1. The summed E-state index contributed by atoms with van der Waals surface area (Å²) in [4.78, 5) is 29.2. The van der Waals surface area contributed by atoms with Crippen molar-refractivity contribution in [1.29, 1.82) is 0 Å². The quantitative estimate of drug-likeness (QED) is 0.0918. The van der Waals surface area contributed by atoms with Crippen LogP contribution in [0.15, 0.2) is 21.6 Å². The third kappa shape index (κ3) is 13.7. The summed E-state index contributed by atoms with van der Waals surface area (Å²) >= 11 is 13.7. The Hall–Kier alpha value is -1.37. The molecular weight excluding hydrogens is 760 g/mol. The Balaban J connectivity index is 3.62. The van der Waals surface area contributed by atoms with Crippen LogP contribution in [0.1, 0.15) is 80.5 Å². The molecule has 1 aromatic rings. The van der Waals surface area contributed by atoms with Crippen molar-refractivity contribution in [2.75, 3.05) is 7.11 Å². The molecule has 3 atom stereocenters. The van der Waals surface area contributed by atoms with Crippen LogP contribution in [0.2, 0.25) is 41.4 Å². The van der Waals surface area contributed by atoms with Gasteiger partial charge in [-0.05, 0) is 107 Å². The lowest BCUT2D eigenvalue weighted by atomic mass is 10.1. The Bertz CT molecular complexity index is 1240. The number of carbonyl (C=O) groups is 2. The number of halogens is 3. The average Bonchev–Trinajstić information content (AvgIpc) is 2.91. The summed E-state index contributed by atoms with van der Waals surface area (Å²) in [5, 5.41) is 2.69. The number of methoxy groups -OCH3 is 1. The van der Waals surface area contributed by atoms with Gasteiger partial charge in [-0.3, -0.25) is 4.79 Å². The Labute approximate surface area is 294 Å². The summed E-state index contributed by atoms with van der Waals surface area (Å²) < 4.78 is 24.3. The van der Waals surface area contributed by atoms with Crippen LogP contribution in [-0.4, -0.2) is 58.4 Å². The minimum Gasteiger partial charge on any atom is -0.479 e. The highest BCUT2D eigenvalue weighted by atomic mass is 79.9. The van der Waals surface area contributed by atoms with Gasteiger partial charge in [0.15, 0.2) is 25.3 Å². The summed E-state index contributed by atoms with van der Waals surface area (Å²) in [6, 6.07) is 5.64. The highest BCUT2D eigenvalue weighted by molar-refractivity contribution is 9.28. The zero-order valence-electron chi connectivity index (χ0n) is 28.8. The molecule has 0 saturated heterocycles. The van der Waals surface area contributed by atoms with Crippen molar-refractivity contribution >= 4 is 71.9 Å². The highest BCUT2D eigenvalue weighted by Gasteiger charge is 2.41. The Morgan fingerprint density at radius 2 is 1.64 bits per heavy atom. The van der Waals surface area contributed by atoms with Crippen molar-refractivity contribution in [2.45, 2.75) is 129 Å². The normalized spacial score (nSPS) is 14.3. The fourth-order valence-electron chi connectivity index (χ4n) is 4.01. The summed E-state index contributed by atoms with van der Waals surface area (Å²) in [6.45, 7) is 22.9. The molecule has 0 radical (unpaired) electrons. The predicted octanol–water partition coefficient (Wildman–Crippen LogP) is 9.68. The number of amides is 1. The molecule has 1 heterocycles. The van der Waals surface area contributed by atoms with Crippen molar-refractivity contribution in [3.8, 4) is 17.2 Å². The maximum atomic E-state index is 12.6. The number of nitrogens with one attached hydrogen (secondary N) is 1. The van der Waals surface area contributed by atoms with Gasteiger partial charge in [-0.15, -0.1) is 5.54 Å². The van der Waals surface area contributed by atoms with Crippen molar-refractivity contribution in [3.05, 3.63) is 32.4 Å². The zero-order valence-corrected chi connectivity index (χ0v) is 34.8. The molecule has 1 rings (SSSR count). The second kappa shape index (κ2) is 17.7. The molecule has 0 aliphatic rings. The molecule has 8 nitrogen and oxygen atoms in total. The average molecular weight is 811 g/mol. The van der Waals surface area contributed by atoms with Crippen LogP contribution in [0.25, 0.3) is 0 Å². The smallest absolute Gasteiger partial charge is 0.408 e. The molecule has 0 saturated carbocycles. The molecule has 0 bridgehead atoms. The second-order valence-corrected chi connectivity index (χ2v) is 26.3. The Kier molecular flexibility index (Phi) is 16.4. The topological polar surface area (TPSA) is 96.0 Å². The van der Waals surface area contributed by atoms with Gasteiger partial charge in [-0.2, -0.15) is 0 Å². The van der Waals surface area contributed by atoms with Crippen LogP contribution in [0.4, 0.5) is 4.79 Å². The molecule has 0 aliphatic carbocycles. The van der Waals surface area contributed by atoms with Crippen molar-refractivity contribution < 1.29 is 28.2 Å². The molecule has 0 aromatic carbocycles. The first-order valence-electron chi connectivity index (χ1n) is 15.2. The lowest BCUT2D eigenvalue weighted by Crippen LogP contribution is -2.47. The number of esters is 1. The molecule has 1 amide bonds. The predicted molar refractivity (Wildman–Crippen MR) is 195 cm³/mol. The van der Waals surface area contributed by atoms with Gasteiger partial charge in [0, 0.05) is 0 Å². The molecular formula is C32H51Br2ClN2O6Si2. The number of alkyl carbamates (subject to hydrolysis) is 1. The first-order chi connectivity index (χ1) is 20.6. The van der Waals surface area contributed by atoms with Crippen LogP contribution in [-0.2, 0) is 18.7 Å². The van der Waals surface area contributed by atoms with Gasteiger partial charge in [0.2, 0.25) is 0 Å². The SMILES string of the molecule is CC[Si](C#C[C@H](O[Si](C)(C)C(C)(C)C)[C@H](C=C(Br)Br)Oc1ccc([C@@H](CC(=O)OC)NC(=O)OC(C)(C)C)nc1Cl)(CC)CC. The van der Waals surface area contributed by atoms with E-state index in [2.05, 4.69) is 108 Å². The first kappa shape index (κ1) is 41.7. The van der Waals surface area contributed by atoms with E-state index >= 15 is 0 Å². The van der Waals surface area contributed by atoms with Crippen LogP contribution >= 0.6 is 43.5 Å². The zero-order chi connectivity index (χ0) is 34.8. The molecule has 1 aromatic heterocycles. The van der Waals surface area contributed by atoms with E-state index in [4.69, 9.17) is 30.2 Å². The van der Waals surface area contributed by atoms with Crippen LogP contribution in [0.5, 0.6) is 5.75 Å².